The molecule has 1 aromatic rings. The van der Waals surface area contributed by atoms with Crippen LogP contribution in [0, 0.1) is 5.92 Å². The van der Waals surface area contributed by atoms with Gasteiger partial charge >= 0.3 is 0 Å². The van der Waals surface area contributed by atoms with Gasteiger partial charge in [-0.25, -0.2) is 0 Å². The molecule has 1 heterocycles. The van der Waals surface area contributed by atoms with Crippen LogP contribution in [0.1, 0.15) is 37.8 Å². The standard InChI is InChI=1S/C17H30N4/c1-20(2)16(14-10-6-5-7-11-14)17(18,21(3)4)15-12-8-9-13-19-15/h8-9,12-14,16H,5-7,10-11,18H2,1-4H3. The topological polar surface area (TPSA) is 45.4 Å². The molecule has 0 radical (unpaired) electrons. The minimum atomic E-state index is -0.563. The molecule has 21 heavy (non-hydrogen) atoms. The van der Waals surface area contributed by atoms with Gasteiger partial charge < -0.3 is 10.6 Å². The Labute approximate surface area is 129 Å². The maximum atomic E-state index is 6.96. The average molecular weight is 290 g/mol. The minimum absolute atomic E-state index is 0.266. The van der Waals surface area contributed by atoms with Crippen molar-refractivity contribution in [1.29, 1.82) is 0 Å². The Kier molecular flexibility index (Phi) is 5.36. The zero-order valence-corrected chi connectivity index (χ0v) is 13.9. The summed E-state index contributed by atoms with van der Waals surface area (Å²) in [4.78, 5) is 9.01. The molecule has 4 nitrogen and oxygen atoms in total. The minimum Gasteiger partial charge on any atom is -0.307 e. The van der Waals surface area contributed by atoms with Crippen LogP contribution in [0.2, 0.25) is 0 Å². The van der Waals surface area contributed by atoms with Crippen LogP contribution in [-0.2, 0) is 5.66 Å². The molecule has 0 spiro atoms. The van der Waals surface area contributed by atoms with Gasteiger partial charge in [0.1, 0.15) is 5.66 Å². The molecule has 1 aromatic heterocycles. The number of hydrogen-bond acceptors (Lipinski definition) is 4. The van der Waals surface area contributed by atoms with E-state index in [-0.39, 0.29) is 6.04 Å². The summed E-state index contributed by atoms with van der Waals surface area (Å²) in [5.74, 6) is 0.628. The van der Waals surface area contributed by atoms with Gasteiger partial charge in [-0.2, -0.15) is 0 Å². The third-order valence-corrected chi connectivity index (χ3v) is 4.92. The largest absolute Gasteiger partial charge is 0.307 e. The van der Waals surface area contributed by atoms with Crippen molar-refractivity contribution in [2.24, 2.45) is 11.7 Å². The van der Waals surface area contributed by atoms with Crippen LogP contribution in [0.25, 0.3) is 0 Å². The highest BCUT2D eigenvalue weighted by Crippen LogP contribution is 2.37. The fraction of sp³-hybridized carbons (Fsp3) is 0.706. The van der Waals surface area contributed by atoms with Crippen molar-refractivity contribution >= 4 is 0 Å². The van der Waals surface area contributed by atoms with E-state index in [2.05, 4.69) is 49.0 Å². The lowest BCUT2D eigenvalue weighted by atomic mass is 9.76. The Morgan fingerprint density at radius 3 is 2.29 bits per heavy atom. The Balaban J connectivity index is 2.41. The summed E-state index contributed by atoms with van der Waals surface area (Å²) in [5, 5.41) is 0. The van der Waals surface area contributed by atoms with Crippen molar-refractivity contribution in [3.05, 3.63) is 30.1 Å². The molecule has 1 aliphatic rings. The fourth-order valence-electron chi connectivity index (χ4n) is 3.87. The van der Waals surface area contributed by atoms with Gasteiger partial charge in [0.2, 0.25) is 0 Å². The quantitative estimate of drug-likeness (QED) is 0.845. The summed E-state index contributed by atoms with van der Waals surface area (Å²) in [6, 6.07) is 6.30. The van der Waals surface area contributed by atoms with Crippen molar-refractivity contribution in [2.45, 2.75) is 43.8 Å². The van der Waals surface area contributed by atoms with E-state index in [4.69, 9.17) is 5.73 Å². The SMILES string of the molecule is CN(C)C(C1CCCCC1)C(N)(c1ccccn1)N(C)C. The predicted molar refractivity (Wildman–Crippen MR) is 87.8 cm³/mol. The number of nitrogens with two attached hydrogens (primary N) is 1. The van der Waals surface area contributed by atoms with Crippen molar-refractivity contribution in [3.8, 4) is 0 Å². The number of aromatic nitrogens is 1. The fourth-order valence-corrected chi connectivity index (χ4v) is 3.87. The average Bonchev–Trinajstić information content (AvgIpc) is 2.48. The van der Waals surface area contributed by atoms with Crippen molar-refractivity contribution < 1.29 is 0 Å². The van der Waals surface area contributed by atoms with Crippen LogP contribution in [0.15, 0.2) is 24.4 Å². The lowest BCUT2D eigenvalue weighted by molar-refractivity contribution is 0.000993. The molecule has 4 heteroatoms. The maximum Gasteiger partial charge on any atom is 0.128 e. The zero-order chi connectivity index (χ0) is 15.5. The first-order valence-electron chi connectivity index (χ1n) is 8.02. The molecule has 0 saturated heterocycles. The van der Waals surface area contributed by atoms with E-state index < -0.39 is 5.66 Å². The molecule has 0 amide bonds. The van der Waals surface area contributed by atoms with E-state index in [9.17, 15) is 0 Å². The number of nitrogens with zero attached hydrogens (tertiary/aromatic N) is 3. The third kappa shape index (κ3) is 3.28. The van der Waals surface area contributed by atoms with Crippen LogP contribution < -0.4 is 5.73 Å². The highest BCUT2D eigenvalue weighted by atomic mass is 15.3. The Bertz CT molecular complexity index is 426. The van der Waals surface area contributed by atoms with Gasteiger partial charge in [-0.15, -0.1) is 0 Å². The first-order valence-corrected chi connectivity index (χ1v) is 8.02. The molecule has 118 valence electrons. The molecular formula is C17H30N4. The third-order valence-electron chi connectivity index (χ3n) is 4.92. The molecule has 1 fully saturated rings. The van der Waals surface area contributed by atoms with E-state index in [0.29, 0.717) is 5.92 Å². The van der Waals surface area contributed by atoms with Gasteiger partial charge in [0, 0.05) is 12.2 Å². The molecular weight excluding hydrogens is 260 g/mol. The first kappa shape index (κ1) is 16.4. The van der Waals surface area contributed by atoms with Gasteiger partial charge in [-0.1, -0.05) is 25.3 Å². The van der Waals surface area contributed by atoms with E-state index in [1.807, 2.05) is 18.3 Å². The van der Waals surface area contributed by atoms with E-state index in [1.54, 1.807) is 0 Å². The number of rotatable bonds is 5. The van der Waals surface area contributed by atoms with Crippen LogP contribution >= 0.6 is 0 Å². The Morgan fingerprint density at radius 1 is 1.14 bits per heavy atom. The van der Waals surface area contributed by atoms with Crippen LogP contribution in [-0.4, -0.2) is 49.0 Å². The molecule has 0 aliphatic heterocycles. The normalized spacial score (nSPS) is 21.5. The Hall–Kier alpha value is -0.970. The molecule has 0 aromatic carbocycles. The summed E-state index contributed by atoms with van der Waals surface area (Å²) >= 11 is 0. The molecule has 2 atom stereocenters. The van der Waals surface area contributed by atoms with Crippen LogP contribution in [0.3, 0.4) is 0 Å². The lowest BCUT2D eigenvalue weighted by Crippen LogP contribution is -2.65. The van der Waals surface area contributed by atoms with Crippen molar-refractivity contribution in [1.82, 2.24) is 14.8 Å². The lowest BCUT2D eigenvalue weighted by Gasteiger charge is -2.49. The maximum absolute atomic E-state index is 6.96. The van der Waals surface area contributed by atoms with E-state index in [1.165, 1.54) is 32.1 Å². The molecule has 1 saturated carbocycles. The van der Waals surface area contributed by atoms with Crippen molar-refractivity contribution in [2.75, 3.05) is 28.2 Å². The molecule has 0 bridgehead atoms. The summed E-state index contributed by atoms with van der Waals surface area (Å²) in [5.41, 5.74) is 7.35. The first-order chi connectivity index (χ1) is 9.98. The van der Waals surface area contributed by atoms with E-state index in [0.717, 1.165) is 5.69 Å². The van der Waals surface area contributed by atoms with Gasteiger partial charge in [0.25, 0.3) is 0 Å². The molecule has 2 unspecified atom stereocenters. The number of hydrogen-bond donors (Lipinski definition) is 1. The van der Waals surface area contributed by atoms with Crippen molar-refractivity contribution in [3.63, 3.8) is 0 Å². The van der Waals surface area contributed by atoms with Crippen LogP contribution in [0.5, 0.6) is 0 Å². The second kappa shape index (κ2) is 6.86. The zero-order valence-electron chi connectivity index (χ0n) is 13.9. The van der Waals surface area contributed by atoms with Gasteiger partial charge in [0.15, 0.2) is 0 Å². The molecule has 2 rings (SSSR count). The van der Waals surface area contributed by atoms with Crippen LogP contribution in [0.4, 0.5) is 0 Å². The summed E-state index contributed by atoms with van der Waals surface area (Å²) in [7, 11) is 8.42. The highest BCUT2D eigenvalue weighted by Gasteiger charge is 2.45. The van der Waals surface area contributed by atoms with Gasteiger partial charge in [-0.3, -0.25) is 9.88 Å². The summed E-state index contributed by atoms with van der Waals surface area (Å²) in [6.07, 6.45) is 8.38. The summed E-state index contributed by atoms with van der Waals surface area (Å²) in [6.45, 7) is 0. The Morgan fingerprint density at radius 2 is 1.81 bits per heavy atom. The summed E-state index contributed by atoms with van der Waals surface area (Å²) < 4.78 is 0. The number of likely N-dealkylation sites (N-methyl/N-ethyl adjacent to an activating group) is 2. The molecule has 2 N–H and O–H groups in total. The van der Waals surface area contributed by atoms with E-state index >= 15 is 0 Å². The predicted octanol–water partition coefficient (Wildman–Crippen LogP) is 2.27. The van der Waals surface area contributed by atoms with Gasteiger partial charge in [-0.05, 0) is 59.1 Å². The molecule has 1 aliphatic carbocycles. The monoisotopic (exact) mass is 290 g/mol. The second-order valence-corrected chi connectivity index (χ2v) is 6.74. The second-order valence-electron chi connectivity index (χ2n) is 6.74. The number of pyridine rings is 1. The van der Waals surface area contributed by atoms with Gasteiger partial charge in [0.05, 0.1) is 5.69 Å². The highest BCUT2D eigenvalue weighted by molar-refractivity contribution is 5.18. The smallest absolute Gasteiger partial charge is 0.128 e.